The lowest BCUT2D eigenvalue weighted by molar-refractivity contribution is -0.143. The second-order valence-corrected chi connectivity index (χ2v) is 5.90. The third kappa shape index (κ3) is 2.96. The molecule has 2 N–H and O–H groups in total. The highest BCUT2D eigenvalue weighted by atomic mass is 32.1. The highest BCUT2D eigenvalue weighted by Gasteiger charge is 2.43. The maximum Gasteiger partial charge on any atom is 0.256 e. The molecule has 1 aliphatic rings. The number of hydrogen-bond acceptors (Lipinski definition) is 5. The first kappa shape index (κ1) is 15.2. The molecule has 2 rings (SSSR count). The van der Waals surface area contributed by atoms with Crippen LogP contribution in [0.4, 0.5) is 0 Å². The van der Waals surface area contributed by atoms with E-state index in [0.29, 0.717) is 10.4 Å². The van der Waals surface area contributed by atoms with Crippen molar-refractivity contribution in [3.63, 3.8) is 0 Å². The van der Waals surface area contributed by atoms with Crippen LogP contribution in [0.15, 0.2) is 11.4 Å². The third-order valence-corrected chi connectivity index (χ3v) is 4.01. The number of thiophene rings is 1. The smallest absolute Gasteiger partial charge is 0.256 e. The molecule has 1 aromatic heterocycles. The summed E-state index contributed by atoms with van der Waals surface area (Å²) in [5, 5.41) is 12.5. The zero-order valence-electron chi connectivity index (χ0n) is 11.6. The number of nitrogens with zero attached hydrogens (tertiary/aromatic N) is 1. The molecule has 0 aromatic carbocycles. The van der Waals surface area contributed by atoms with Crippen molar-refractivity contribution in [3.05, 3.63) is 21.9 Å². The Morgan fingerprint density at radius 2 is 2.24 bits per heavy atom. The monoisotopic (exact) mass is 306 g/mol. The van der Waals surface area contributed by atoms with Crippen LogP contribution in [0.5, 0.6) is 0 Å². The number of carbonyl (C=O) groups is 3. The number of rotatable bonds is 1. The summed E-state index contributed by atoms with van der Waals surface area (Å²) >= 11 is 1.27. The molecule has 2 heterocycles. The van der Waals surface area contributed by atoms with Gasteiger partial charge in [0, 0.05) is 5.38 Å². The minimum atomic E-state index is -1.09. The molecule has 1 fully saturated rings. The van der Waals surface area contributed by atoms with E-state index in [1.807, 2.05) is 0 Å². The number of aliphatic hydroxyl groups excluding tert-OH is 1. The fraction of sp³-hybridized carbons (Fsp3) is 0.357. The van der Waals surface area contributed by atoms with Gasteiger partial charge in [0.2, 0.25) is 5.91 Å². The van der Waals surface area contributed by atoms with E-state index in [4.69, 9.17) is 5.11 Å². The van der Waals surface area contributed by atoms with Crippen LogP contribution in [0, 0.1) is 11.8 Å². The molecule has 6 nitrogen and oxygen atoms in total. The maximum atomic E-state index is 12.5. The van der Waals surface area contributed by atoms with Crippen LogP contribution in [0.3, 0.4) is 0 Å². The fourth-order valence-electron chi connectivity index (χ4n) is 1.91. The highest BCUT2D eigenvalue weighted by Crippen LogP contribution is 2.23. The van der Waals surface area contributed by atoms with Crippen molar-refractivity contribution in [1.29, 1.82) is 0 Å². The Bertz CT molecular complexity index is 666. The maximum absolute atomic E-state index is 12.5. The molecule has 1 aromatic rings. The van der Waals surface area contributed by atoms with Crippen molar-refractivity contribution in [2.75, 3.05) is 13.2 Å². The van der Waals surface area contributed by atoms with Crippen molar-refractivity contribution in [3.8, 4) is 11.8 Å². The van der Waals surface area contributed by atoms with Crippen molar-refractivity contribution in [1.82, 2.24) is 10.2 Å². The summed E-state index contributed by atoms with van der Waals surface area (Å²) in [5.41, 5.74) is -0.720. The number of piperazine rings is 1. The summed E-state index contributed by atoms with van der Waals surface area (Å²) in [4.78, 5) is 37.7. The van der Waals surface area contributed by atoms with Gasteiger partial charge in [0.1, 0.15) is 18.7 Å². The van der Waals surface area contributed by atoms with Gasteiger partial charge in [-0.25, -0.2) is 0 Å². The Kier molecular flexibility index (Phi) is 4.11. The minimum Gasteiger partial charge on any atom is -0.384 e. The Labute approximate surface area is 125 Å². The van der Waals surface area contributed by atoms with Crippen molar-refractivity contribution in [2.45, 2.75) is 19.4 Å². The number of carbonyl (C=O) groups excluding carboxylic acids is 3. The van der Waals surface area contributed by atoms with Gasteiger partial charge in [-0.1, -0.05) is 11.8 Å². The van der Waals surface area contributed by atoms with Gasteiger partial charge in [0.15, 0.2) is 0 Å². The second-order valence-electron chi connectivity index (χ2n) is 4.99. The molecule has 0 spiro atoms. The quantitative estimate of drug-likeness (QED) is 0.563. The van der Waals surface area contributed by atoms with Crippen LogP contribution in [-0.2, 0) is 9.59 Å². The van der Waals surface area contributed by atoms with E-state index in [9.17, 15) is 14.4 Å². The fourth-order valence-corrected chi connectivity index (χ4v) is 2.65. The van der Waals surface area contributed by atoms with E-state index in [1.54, 1.807) is 25.3 Å². The molecule has 0 bridgehead atoms. The van der Waals surface area contributed by atoms with Crippen LogP contribution in [0.2, 0.25) is 0 Å². The summed E-state index contributed by atoms with van der Waals surface area (Å²) in [6, 6.07) is 1.59. The third-order valence-electron chi connectivity index (χ3n) is 3.17. The van der Waals surface area contributed by atoms with Crippen LogP contribution < -0.4 is 5.32 Å². The number of nitrogens with one attached hydrogen (secondary N) is 1. The number of amides is 3. The molecule has 7 heteroatoms. The average molecular weight is 306 g/mol. The second kappa shape index (κ2) is 5.68. The molecule has 3 amide bonds. The molecule has 0 unspecified atom stereocenters. The van der Waals surface area contributed by atoms with E-state index < -0.39 is 23.3 Å². The summed E-state index contributed by atoms with van der Waals surface area (Å²) in [6.07, 6.45) is 0. The molecule has 0 saturated carbocycles. The van der Waals surface area contributed by atoms with Gasteiger partial charge in [0.25, 0.3) is 11.8 Å². The number of hydrogen-bond donors (Lipinski definition) is 2. The van der Waals surface area contributed by atoms with E-state index in [0.717, 1.165) is 0 Å². The molecule has 21 heavy (non-hydrogen) atoms. The summed E-state index contributed by atoms with van der Waals surface area (Å²) < 4.78 is 0. The molecule has 110 valence electrons. The van der Waals surface area contributed by atoms with Crippen molar-refractivity contribution < 1.29 is 19.5 Å². The first-order valence-corrected chi connectivity index (χ1v) is 7.08. The average Bonchev–Trinajstić information content (AvgIpc) is 2.89. The summed E-state index contributed by atoms with van der Waals surface area (Å²) in [7, 11) is 0. The molecule has 0 atom stereocenters. The van der Waals surface area contributed by atoms with E-state index in [2.05, 4.69) is 17.2 Å². The van der Waals surface area contributed by atoms with Crippen LogP contribution in [-0.4, -0.2) is 46.4 Å². The van der Waals surface area contributed by atoms with Crippen LogP contribution in [0.25, 0.3) is 0 Å². The highest BCUT2D eigenvalue weighted by molar-refractivity contribution is 7.10. The first-order chi connectivity index (χ1) is 9.86. The Balaban J connectivity index is 2.28. The normalized spacial score (nSPS) is 17.0. The van der Waals surface area contributed by atoms with Gasteiger partial charge in [-0.15, -0.1) is 11.3 Å². The van der Waals surface area contributed by atoms with Crippen LogP contribution in [0.1, 0.15) is 29.1 Å². The van der Waals surface area contributed by atoms with E-state index in [-0.39, 0.29) is 13.2 Å². The Morgan fingerprint density at radius 1 is 1.52 bits per heavy atom. The van der Waals surface area contributed by atoms with Gasteiger partial charge < -0.3 is 10.0 Å². The Morgan fingerprint density at radius 3 is 2.90 bits per heavy atom. The van der Waals surface area contributed by atoms with E-state index in [1.165, 1.54) is 16.2 Å². The molecule has 1 saturated heterocycles. The zero-order chi connectivity index (χ0) is 15.6. The largest absolute Gasteiger partial charge is 0.384 e. The van der Waals surface area contributed by atoms with Gasteiger partial charge in [-0.2, -0.15) is 0 Å². The number of aliphatic hydroxyl groups is 1. The summed E-state index contributed by atoms with van der Waals surface area (Å²) in [6.45, 7) is 2.76. The molecular weight excluding hydrogens is 292 g/mol. The number of imide groups is 1. The summed E-state index contributed by atoms with van der Waals surface area (Å²) in [5.74, 6) is 3.83. The molecular formula is C14H14N2O4S. The lowest BCUT2D eigenvalue weighted by atomic mass is 9.98. The van der Waals surface area contributed by atoms with Gasteiger partial charge in [-0.3, -0.25) is 19.7 Å². The van der Waals surface area contributed by atoms with Gasteiger partial charge in [0.05, 0.1) is 10.4 Å². The lowest BCUT2D eigenvalue weighted by Gasteiger charge is -2.39. The molecule has 0 aliphatic carbocycles. The predicted molar refractivity (Wildman–Crippen MR) is 76.5 cm³/mol. The SMILES string of the molecule is CC1(C)C(=O)NC(=O)CN1C(=O)c1csc(C#CCO)c1. The molecule has 1 aliphatic heterocycles. The van der Waals surface area contributed by atoms with Crippen molar-refractivity contribution >= 4 is 29.1 Å². The van der Waals surface area contributed by atoms with Crippen LogP contribution >= 0.6 is 11.3 Å². The topological polar surface area (TPSA) is 86.7 Å². The lowest BCUT2D eigenvalue weighted by Crippen LogP contribution is -2.65. The minimum absolute atomic E-state index is 0.162. The first-order valence-electron chi connectivity index (χ1n) is 6.21. The predicted octanol–water partition coefficient (Wildman–Crippen LogP) is -0.0309. The van der Waals surface area contributed by atoms with E-state index >= 15 is 0 Å². The van der Waals surface area contributed by atoms with Gasteiger partial charge in [-0.05, 0) is 19.9 Å². The Hall–Kier alpha value is -2.17. The van der Waals surface area contributed by atoms with Gasteiger partial charge >= 0.3 is 0 Å². The molecule has 0 radical (unpaired) electrons. The zero-order valence-corrected chi connectivity index (χ0v) is 12.4. The standard InChI is InChI=1S/C14H14N2O4S/c1-14(2)13(20)15-11(18)7-16(14)12(19)9-6-10(21-8-9)4-3-5-17/h6,8,17H,5,7H2,1-2H3,(H,15,18,20). The van der Waals surface area contributed by atoms with Crippen molar-refractivity contribution in [2.24, 2.45) is 0 Å².